The molecule has 4 heterocycles. The number of ether oxygens (including phenoxy) is 1. The summed E-state index contributed by atoms with van der Waals surface area (Å²) in [4.78, 5) is 25.7. The molecule has 1 amide bonds. The molecule has 220 valence electrons. The van der Waals surface area contributed by atoms with Crippen molar-refractivity contribution in [1.29, 1.82) is 5.26 Å². The average Bonchev–Trinajstić information content (AvgIpc) is 3.36. The zero-order chi connectivity index (χ0) is 30.4. The molecule has 0 spiro atoms. The number of carbonyl (C=O) groups excluding carboxylic acids is 1. The molecule has 4 rings (SSSR count). The normalized spacial score (nSPS) is 15.5. The molecule has 1 aliphatic rings. The maximum Gasteiger partial charge on any atom is 0.271 e. The summed E-state index contributed by atoms with van der Waals surface area (Å²) in [5, 5.41) is 16.9. The lowest BCUT2D eigenvalue weighted by atomic mass is 9.89. The molecule has 0 unspecified atom stereocenters. The minimum absolute atomic E-state index is 0.0459. The summed E-state index contributed by atoms with van der Waals surface area (Å²) in [6.07, 6.45) is 7.39. The summed E-state index contributed by atoms with van der Waals surface area (Å²) in [5.41, 5.74) is 2.25. The van der Waals surface area contributed by atoms with Crippen LogP contribution in [0.15, 0.2) is 65.3 Å². The van der Waals surface area contributed by atoms with Gasteiger partial charge in [-0.3, -0.25) is 9.79 Å². The van der Waals surface area contributed by atoms with Crippen molar-refractivity contribution in [2.75, 3.05) is 52.3 Å². The monoisotopic (exact) mass is 592 g/mol. The van der Waals surface area contributed by atoms with Gasteiger partial charge in [0.2, 0.25) is 0 Å². The zero-order valence-electron chi connectivity index (χ0n) is 24.2. The molecule has 0 atom stereocenters. The van der Waals surface area contributed by atoms with Crippen LogP contribution in [0.3, 0.4) is 0 Å². The number of aromatic nitrogens is 3. The number of likely N-dealkylation sites (N-methyl/N-ethyl adjacent to an activating group) is 1. The Morgan fingerprint density at radius 3 is 2.69 bits per heavy atom. The number of halogens is 2. The van der Waals surface area contributed by atoms with Gasteiger partial charge in [-0.25, -0.2) is 13.9 Å². The second-order valence-corrected chi connectivity index (χ2v) is 11.0. The highest BCUT2D eigenvalue weighted by atomic mass is 35.5. The van der Waals surface area contributed by atoms with Gasteiger partial charge in [0.25, 0.3) is 5.91 Å². The van der Waals surface area contributed by atoms with Crippen molar-refractivity contribution >= 4 is 34.6 Å². The van der Waals surface area contributed by atoms with Crippen molar-refractivity contribution in [2.24, 2.45) is 4.99 Å². The number of fused-ring (bicyclic) bond motifs is 1. The highest BCUT2D eigenvalue weighted by Crippen LogP contribution is 2.32. The number of aliphatic imine (C=N–C) groups is 1. The van der Waals surface area contributed by atoms with Crippen LogP contribution < -0.4 is 15.0 Å². The molecular weight excluding hydrogens is 559 g/mol. The van der Waals surface area contributed by atoms with Crippen LogP contribution in [0, 0.1) is 11.3 Å². The Balaban J connectivity index is 1.48. The lowest BCUT2D eigenvalue weighted by Gasteiger charge is -2.40. The summed E-state index contributed by atoms with van der Waals surface area (Å²) in [7, 11) is 5.40. The standard InChI is InChI=1S/C30H34ClFN8O2/c1-20(32)14-25(31)27(34-3)29(41)37-30(2)8-10-39(11-9-30)26-7-6-21(17-35-26)24-15-23(42-13-12-38(4)5)19-40-28(24)22(16-33)18-36-40/h6-7,14-15,17-19H,1,8-13H2,2-5H3,(H,37,41)/b25-14+,34-27?. The second-order valence-electron chi connectivity index (χ2n) is 10.6. The van der Waals surface area contributed by atoms with E-state index in [2.05, 4.69) is 33.0 Å². The minimum atomic E-state index is -0.756. The first-order valence-corrected chi connectivity index (χ1v) is 13.8. The Kier molecular flexibility index (Phi) is 9.60. The summed E-state index contributed by atoms with van der Waals surface area (Å²) in [6.45, 7) is 7.71. The summed E-state index contributed by atoms with van der Waals surface area (Å²) >= 11 is 6.07. The number of nitriles is 1. The third-order valence-electron chi connectivity index (χ3n) is 7.13. The van der Waals surface area contributed by atoms with Gasteiger partial charge in [-0.1, -0.05) is 18.2 Å². The number of nitrogens with zero attached hydrogens (tertiary/aromatic N) is 7. The predicted molar refractivity (Wildman–Crippen MR) is 163 cm³/mol. The van der Waals surface area contributed by atoms with Crippen LogP contribution in [0.5, 0.6) is 5.75 Å². The molecule has 42 heavy (non-hydrogen) atoms. The molecule has 0 bridgehead atoms. The summed E-state index contributed by atoms with van der Waals surface area (Å²) in [5.74, 6) is 0.234. The number of piperidine rings is 1. The van der Waals surface area contributed by atoms with Crippen LogP contribution in [0.25, 0.3) is 16.6 Å². The molecule has 3 aromatic rings. The van der Waals surface area contributed by atoms with Gasteiger partial charge in [-0.15, -0.1) is 0 Å². The van der Waals surface area contributed by atoms with Crippen LogP contribution >= 0.6 is 11.6 Å². The number of pyridine rings is 2. The van der Waals surface area contributed by atoms with Gasteiger partial charge in [0.15, 0.2) is 0 Å². The van der Waals surface area contributed by atoms with E-state index in [0.29, 0.717) is 49.4 Å². The predicted octanol–water partition coefficient (Wildman–Crippen LogP) is 4.36. The van der Waals surface area contributed by atoms with E-state index in [1.165, 1.54) is 7.05 Å². The van der Waals surface area contributed by atoms with E-state index >= 15 is 0 Å². The lowest BCUT2D eigenvalue weighted by Crippen LogP contribution is -2.55. The number of carbonyl (C=O) groups is 1. The summed E-state index contributed by atoms with van der Waals surface area (Å²) < 4.78 is 20.8. The van der Waals surface area contributed by atoms with Gasteiger partial charge in [0.1, 0.15) is 35.8 Å². The van der Waals surface area contributed by atoms with Gasteiger partial charge in [0.05, 0.1) is 28.5 Å². The molecule has 0 saturated carbocycles. The van der Waals surface area contributed by atoms with Gasteiger partial charge < -0.3 is 19.9 Å². The third kappa shape index (κ3) is 7.13. The van der Waals surface area contributed by atoms with Gasteiger partial charge in [-0.2, -0.15) is 10.4 Å². The highest BCUT2D eigenvalue weighted by Gasteiger charge is 2.33. The first kappa shape index (κ1) is 30.7. The molecule has 1 saturated heterocycles. The number of hydrogen-bond donors (Lipinski definition) is 1. The Labute approximate surface area is 249 Å². The first-order valence-electron chi connectivity index (χ1n) is 13.4. The van der Waals surface area contributed by atoms with Crippen LogP contribution in [-0.2, 0) is 4.79 Å². The fourth-order valence-corrected chi connectivity index (χ4v) is 5.06. The average molecular weight is 593 g/mol. The maximum absolute atomic E-state index is 13.2. The fraction of sp³-hybridized carbons (Fsp3) is 0.367. The SMILES string of the molecule is C=C(F)/C=C(/Cl)C(=NC)C(=O)NC1(C)CCN(c2ccc(-c3cc(OCCN(C)C)cn4ncc(C#N)c34)cn2)CC1. The van der Waals surface area contributed by atoms with E-state index in [0.717, 1.165) is 29.6 Å². The molecular formula is C30H34ClFN8O2. The van der Waals surface area contributed by atoms with Crippen molar-refractivity contribution in [1.82, 2.24) is 24.8 Å². The van der Waals surface area contributed by atoms with Crippen molar-refractivity contribution in [3.63, 3.8) is 0 Å². The topological polar surface area (TPSA) is 111 Å². The van der Waals surface area contributed by atoms with Crippen LogP contribution in [0.1, 0.15) is 25.3 Å². The van der Waals surface area contributed by atoms with Crippen molar-refractivity contribution in [3.05, 3.63) is 65.9 Å². The van der Waals surface area contributed by atoms with Crippen LogP contribution in [0.2, 0.25) is 0 Å². The quantitative estimate of drug-likeness (QED) is 0.275. The van der Waals surface area contributed by atoms with Gasteiger partial charge in [-0.05, 0) is 58.1 Å². The Morgan fingerprint density at radius 2 is 2.10 bits per heavy atom. The number of hydrogen-bond acceptors (Lipinski definition) is 8. The van der Waals surface area contributed by atoms with Crippen LogP contribution in [-0.4, -0.2) is 84.0 Å². The fourth-order valence-electron chi connectivity index (χ4n) is 4.77. The number of rotatable bonds is 10. The second kappa shape index (κ2) is 13.1. The molecule has 10 nitrogen and oxygen atoms in total. The van der Waals surface area contributed by atoms with Crippen molar-refractivity contribution in [2.45, 2.75) is 25.3 Å². The number of allylic oxidation sites excluding steroid dienone is 2. The first-order chi connectivity index (χ1) is 20.0. The molecule has 1 aliphatic heterocycles. The van der Waals surface area contributed by atoms with E-state index in [-0.39, 0.29) is 10.7 Å². The van der Waals surface area contributed by atoms with Crippen LogP contribution in [0.4, 0.5) is 10.2 Å². The molecule has 1 fully saturated rings. The molecule has 12 heteroatoms. The highest BCUT2D eigenvalue weighted by molar-refractivity contribution is 6.59. The minimum Gasteiger partial charge on any atom is -0.491 e. The number of amides is 1. The van der Waals surface area contributed by atoms with E-state index in [1.807, 2.05) is 44.1 Å². The zero-order valence-corrected chi connectivity index (χ0v) is 25.0. The molecule has 0 aliphatic carbocycles. The Morgan fingerprint density at radius 1 is 1.36 bits per heavy atom. The largest absolute Gasteiger partial charge is 0.491 e. The van der Waals surface area contributed by atoms with Crippen molar-refractivity contribution in [3.8, 4) is 22.9 Å². The number of nitrogens with one attached hydrogen (secondary N) is 1. The van der Waals surface area contributed by atoms with E-state index in [4.69, 9.17) is 21.3 Å². The van der Waals surface area contributed by atoms with Crippen molar-refractivity contribution < 1.29 is 13.9 Å². The van der Waals surface area contributed by atoms with Gasteiger partial charge in [0, 0.05) is 49.5 Å². The Bertz CT molecular complexity index is 1560. The number of anilines is 1. The van der Waals surface area contributed by atoms with E-state index in [9.17, 15) is 14.4 Å². The maximum atomic E-state index is 13.2. The Hall–Kier alpha value is -4.27. The van der Waals surface area contributed by atoms with Gasteiger partial charge >= 0.3 is 0 Å². The molecule has 3 aromatic heterocycles. The molecule has 0 aromatic carbocycles. The lowest BCUT2D eigenvalue weighted by molar-refractivity contribution is -0.116. The summed E-state index contributed by atoms with van der Waals surface area (Å²) in [6, 6.07) is 8.06. The smallest absolute Gasteiger partial charge is 0.271 e. The van der Waals surface area contributed by atoms with E-state index in [1.54, 1.807) is 23.1 Å². The third-order valence-corrected chi connectivity index (χ3v) is 7.42. The molecule has 0 radical (unpaired) electrons. The van der Waals surface area contributed by atoms with E-state index < -0.39 is 17.3 Å². The molecule has 1 N–H and O–H groups in total.